The van der Waals surface area contributed by atoms with Gasteiger partial charge in [0, 0.05) is 6.04 Å². The molecule has 2 fully saturated rings. The lowest BCUT2D eigenvalue weighted by molar-refractivity contribution is -0.00300. The van der Waals surface area contributed by atoms with E-state index in [4.69, 9.17) is 9.15 Å². The standard InChI is InChI=1S/C16H25NO2/c1-12-3-2-4-14(9-12)18-11-16-8-7-15(19-16)10-17-13-5-6-13/h7-8,12-14,17H,2-6,9-11H2,1H3. The van der Waals surface area contributed by atoms with Gasteiger partial charge >= 0.3 is 0 Å². The second-order valence-corrected chi connectivity index (χ2v) is 6.23. The van der Waals surface area contributed by atoms with E-state index in [1.165, 1.54) is 38.5 Å². The van der Waals surface area contributed by atoms with Crippen molar-refractivity contribution in [1.29, 1.82) is 0 Å². The van der Waals surface area contributed by atoms with Gasteiger partial charge in [0.1, 0.15) is 18.1 Å². The molecule has 2 aliphatic rings. The van der Waals surface area contributed by atoms with Crippen LogP contribution in [0, 0.1) is 5.92 Å². The lowest BCUT2D eigenvalue weighted by atomic mass is 9.89. The highest BCUT2D eigenvalue weighted by atomic mass is 16.5. The van der Waals surface area contributed by atoms with E-state index in [1.807, 2.05) is 0 Å². The van der Waals surface area contributed by atoms with Gasteiger partial charge in [-0.25, -0.2) is 0 Å². The van der Waals surface area contributed by atoms with E-state index in [0.29, 0.717) is 12.7 Å². The van der Waals surface area contributed by atoms with Crippen LogP contribution in [0.3, 0.4) is 0 Å². The number of hydrogen-bond donors (Lipinski definition) is 1. The molecule has 2 aliphatic carbocycles. The first-order valence-corrected chi connectivity index (χ1v) is 7.72. The van der Waals surface area contributed by atoms with Gasteiger partial charge in [0.2, 0.25) is 0 Å². The van der Waals surface area contributed by atoms with Gasteiger partial charge in [0.05, 0.1) is 12.6 Å². The number of furan rings is 1. The maximum absolute atomic E-state index is 5.98. The van der Waals surface area contributed by atoms with Crippen LogP contribution in [0.1, 0.15) is 57.0 Å². The van der Waals surface area contributed by atoms with Crippen LogP contribution in [0.2, 0.25) is 0 Å². The van der Waals surface area contributed by atoms with Crippen LogP contribution in [0.4, 0.5) is 0 Å². The topological polar surface area (TPSA) is 34.4 Å². The minimum Gasteiger partial charge on any atom is -0.462 e. The Bertz CT molecular complexity index is 397. The molecule has 0 amide bonds. The molecule has 2 saturated carbocycles. The van der Waals surface area contributed by atoms with E-state index in [0.717, 1.165) is 30.0 Å². The zero-order valence-electron chi connectivity index (χ0n) is 11.9. The summed E-state index contributed by atoms with van der Waals surface area (Å²) in [4.78, 5) is 0. The van der Waals surface area contributed by atoms with Crippen LogP contribution < -0.4 is 5.32 Å². The van der Waals surface area contributed by atoms with Crippen molar-refractivity contribution in [2.75, 3.05) is 0 Å². The SMILES string of the molecule is CC1CCCC(OCc2ccc(CNC3CC3)o2)C1. The van der Waals surface area contributed by atoms with Crippen molar-refractivity contribution in [3.8, 4) is 0 Å². The first-order valence-electron chi connectivity index (χ1n) is 7.72. The molecule has 106 valence electrons. The molecule has 1 heterocycles. The molecule has 1 aromatic rings. The third kappa shape index (κ3) is 4.08. The molecule has 0 aromatic carbocycles. The van der Waals surface area contributed by atoms with Crippen LogP contribution in [0.5, 0.6) is 0 Å². The lowest BCUT2D eigenvalue weighted by Crippen LogP contribution is -2.21. The Morgan fingerprint density at radius 1 is 1.21 bits per heavy atom. The normalized spacial score (nSPS) is 27.6. The van der Waals surface area contributed by atoms with Gasteiger partial charge in [-0.1, -0.05) is 19.8 Å². The largest absolute Gasteiger partial charge is 0.462 e. The summed E-state index contributed by atoms with van der Waals surface area (Å²) in [5.41, 5.74) is 0. The van der Waals surface area contributed by atoms with E-state index < -0.39 is 0 Å². The van der Waals surface area contributed by atoms with Crippen LogP contribution in [0.25, 0.3) is 0 Å². The summed E-state index contributed by atoms with van der Waals surface area (Å²) in [5, 5.41) is 3.46. The van der Waals surface area contributed by atoms with Crippen molar-refractivity contribution in [3.05, 3.63) is 23.7 Å². The maximum Gasteiger partial charge on any atom is 0.129 e. The highest BCUT2D eigenvalue weighted by Gasteiger charge is 2.21. The molecule has 0 saturated heterocycles. The molecule has 1 aromatic heterocycles. The van der Waals surface area contributed by atoms with Gasteiger partial charge in [-0.15, -0.1) is 0 Å². The Morgan fingerprint density at radius 2 is 2.05 bits per heavy atom. The minimum atomic E-state index is 0.432. The third-order valence-electron chi connectivity index (χ3n) is 4.21. The number of rotatable bonds is 6. The summed E-state index contributed by atoms with van der Waals surface area (Å²) in [7, 11) is 0. The monoisotopic (exact) mass is 263 g/mol. The molecule has 0 aliphatic heterocycles. The fourth-order valence-corrected chi connectivity index (χ4v) is 2.86. The van der Waals surface area contributed by atoms with E-state index >= 15 is 0 Å². The van der Waals surface area contributed by atoms with Gasteiger partial charge < -0.3 is 14.5 Å². The highest BCUT2D eigenvalue weighted by molar-refractivity contribution is 5.06. The summed E-state index contributed by atoms with van der Waals surface area (Å²) in [6.45, 7) is 3.80. The number of hydrogen-bond acceptors (Lipinski definition) is 3. The highest BCUT2D eigenvalue weighted by Crippen LogP contribution is 2.26. The first-order chi connectivity index (χ1) is 9.29. The molecule has 2 atom stereocenters. The molecule has 19 heavy (non-hydrogen) atoms. The van der Waals surface area contributed by atoms with Gasteiger partial charge in [0.25, 0.3) is 0 Å². The average molecular weight is 263 g/mol. The summed E-state index contributed by atoms with van der Waals surface area (Å²) in [6, 6.07) is 4.85. The second-order valence-electron chi connectivity index (χ2n) is 6.23. The Balaban J connectivity index is 1.41. The van der Waals surface area contributed by atoms with Gasteiger partial charge in [-0.05, 0) is 43.7 Å². The Hall–Kier alpha value is -0.800. The van der Waals surface area contributed by atoms with E-state index in [2.05, 4.69) is 24.4 Å². The first kappa shape index (κ1) is 13.2. The number of nitrogens with one attached hydrogen (secondary N) is 1. The molecule has 2 unspecified atom stereocenters. The fourth-order valence-electron chi connectivity index (χ4n) is 2.86. The van der Waals surface area contributed by atoms with E-state index in [-0.39, 0.29) is 0 Å². The van der Waals surface area contributed by atoms with Crippen molar-refractivity contribution in [1.82, 2.24) is 5.32 Å². The summed E-state index contributed by atoms with van der Waals surface area (Å²) in [5.74, 6) is 2.81. The van der Waals surface area contributed by atoms with E-state index in [9.17, 15) is 0 Å². The quantitative estimate of drug-likeness (QED) is 0.851. The molecule has 3 nitrogen and oxygen atoms in total. The lowest BCUT2D eigenvalue weighted by Gasteiger charge is -2.26. The fraction of sp³-hybridized carbons (Fsp3) is 0.750. The Kier molecular flexibility index (Phi) is 4.24. The van der Waals surface area contributed by atoms with Gasteiger partial charge in [0.15, 0.2) is 0 Å². The molecule has 0 spiro atoms. The van der Waals surface area contributed by atoms with Crippen molar-refractivity contribution >= 4 is 0 Å². The van der Waals surface area contributed by atoms with Crippen molar-refractivity contribution in [3.63, 3.8) is 0 Å². The summed E-state index contributed by atoms with van der Waals surface area (Å²) >= 11 is 0. The molecule has 0 bridgehead atoms. The van der Waals surface area contributed by atoms with Gasteiger partial charge in [-0.3, -0.25) is 0 Å². The predicted molar refractivity (Wildman–Crippen MR) is 74.8 cm³/mol. The zero-order chi connectivity index (χ0) is 13.1. The third-order valence-corrected chi connectivity index (χ3v) is 4.21. The molecule has 3 heteroatoms. The average Bonchev–Trinajstić information content (AvgIpc) is 3.13. The van der Waals surface area contributed by atoms with Gasteiger partial charge in [-0.2, -0.15) is 0 Å². The van der Waals surface area contributed by atoms with Crippen LogP contribution in [-0.4, -0.2) is 12.1 Å². The van der Waals surface area contributed by atoms with E-state index in [1.54, 1.807) is 0 Å². The molecule has 0 radical (unpaired) electrons. The summed E-state index contributed by atoms with van der Waals surface area (Å²) in [6.07, 6.45) is 8.14. The number of ether oxygens (including phenoxy) is 1. The smallest absolute Gasteiger partial charge is 0.129 e. The molecule has 1 N–H and O–H groups in total. The molecule has 3 rings (SSSR count). The molecular weight excluding hydrogens is 238 g/mol. The summed E-state index contributed by atoms with van der Waals surface area (Å²) < 4.78 is 11.8. The minimum absolute atomic E-state index is 0.432. The zero-order valence-corrected chi connectivity index (χ0v) is 11.9. The molecular formula is C16H25NO2. The predicted octanol–water partition coefficient (Wildman–Crippen LogP) is 3.63. The van der Waals surface area contributed by atoms with Crippen LogP contribution >= 0.6 is 0 Å². The van der Waals surface area contributed by atoms with Crippen LogP contribution in [-0.2, 0) is 17.9 Å². The second kappa shape index (κ2) is 6.10. The van der Waals surface area contributed by atoms with Crippen molar-refractivity contribution < 1.29 is 9.15 Å². The Morgan fingerprint density at radius 3 is 2.84 bits per heavy atom. The van der Waals surface area contributed by atoms with Crippen molar-refractivity contribution in [2.24, 2.45) is 5.92 Å². The maximum atomic E-state index is 5.98. The Labute approximate surface area is 115 Å². The van der Waals surface area contributed by atoms with Crippen molar-refractivity contribution in [2.45, 2.75) is 70.7 Å². The van der Waals surface area contributed by atoms with Crippen LogP contribution in [0.15, 0.2) is 16.5 Å².